The SMILES string of the molecule is CCN(CCCN(C)C)S(=O)(=O)CCC1CCNCC1. The molecule has 0 unspecified atom stereocenters. The van der Waals surface area contributed by atoms with E-state index in [9.17, 15) is 8.42 Å². The van der Waals surface area contributed by atoms with Gasteiger partial charge in [-0.1, -0.05) is 6.92 Å². The van der Waals surface area contributed by atoms with Gasteiger partial charge >= 0.3 is 0 Å². The Kier molecular flexibility index (Phi) is 8.02. The number of nitrogens with zero attached hydrogens (tertiary/aromatic N) is 2. The van der Waals surface area contributed by atoms with Crippen LogP contribution in [0.4, 0.5) is 0 Å². The van der Waals surface area contributed by atoms with E-state index in [1.807, 2.05) is 21.0 Å². The van der Waals surface area contributed by atoms with E-state index in [4.69, 9.17) is 0 Å². The number of nitrogens with one attached hydrogen (secondary N) is 1. The van der Waals surface area contributed by atoms with E-state index in [1.165, 1.54) is 0 Å². The van der Waals surface area contributed by atoms with Gasteiger partial charge in [0.15, 0.2) is 0 Å². The van der Waals surface area contributed by atoms with Gasteiger partial charge in [0.25, 0.3) is 0 Å². The van der Waals surface area contributed by atoms with Gasteiger partial charge in [0.05, 0.1) is 5.75 Å². The highest BCUT2D eigenvalue weighted by Crippen LogP contribution is 2.18. The summed E-state index contributed by atoms with van der Waals surface area (Å²) in [5.74, 6) is 0.888. The van der Waals surface area contributed by atoms with Crippen molar-refractivity contribution < 1.29 is 8.42 Å². The third kappa shape index (κ3) is 6.52. The van der Waals surface area contributed by atoms with Crippen LogP contribution in [0.2, 0.25) is 0 Å². The molecule has 0 saturated carbocycles. The van der Waals surface area contributed by atoms with Gasteiger partial charge in [0, 0.05) is 13.1 Å². The maximum absolute atomic E-state index is 12.4. The van der Waals surface area contributed by atoms with E-state index in [1.54, 1.807) is 4.31 Å². The normalized spacial score (nSPS) is 18.1. The second kappa shape index (κ2) is 8.97. The predicted octanol–water partition coefficient (Wildman–Crippen LogP) is 0.980. The van der Waals surface area contributed by atoms with Crippen LogP contribution in [0.3, 0.4) is 0 Å². The third-order valence-corrected chi connectivity index (χ3v) is 5.98. The molecule has 120 valence electrons. The van der Waals surface area contributed by atoms with Crippen molar-refractivity contribution in [3.05, 3.63) is 0 Å². The highest BCUT2D eigenvalue weighted by molar-refractivity contribution is 7.89. The first kappa shape index (κ1) is 17.9. The average Bonchev–Trinajstić information content (AvgIpc) is 2.42. The van der Waals surface area contributed by atoms with Crippen molar-refractivity contribution in [3.8, 4) is 0 Å². The molecule has 1 heterocycles. The lowest BCUT2D eigenvalue weighted by molar-refractivity contribution is 0.347. The van der Waals surface area contributed by atoms with Gasteiger partial charge in [0.2, 0.25) is 10.0 Å². The zero-order chi connectivity index (χ0) is 15.0. The number of sulfonamides is 1. The first-order chi connectivity index (χ1) is 9.45. The Labute approximate surface area is 124 Å². The number of hydrogen-bond acceptors (Lipinski definition) is 4. The minimum Gasteiger partial charge on any atom is -0.317 e. The largest absolute Gasteiger partial charge is 0.317 e. The Morgan fingerprint density at radius 1 is 1.15 bits per heavy atom. The van der Waals surface area contributed by atoms with Crippen molar-refractivity contribution in [3.63, 3.8) is 0 Å². The highest BCUT2D eigenvalue weighted by atomic mass is 32.2. The molecule has 6 heteroatoms. The molecule has 0 atom stereocenters. The minimum absolute atomic E-state index is 0.313. The standard InChI is InChI=1S/C14H31N3O2S/c1-4-17(12-5-11-16(2)3)20(18,19)13-8-14-6-9-15-10-7-14/h14-15H,4-13H2,1-3H3. The molecule has 1 fully saturated rings. The van der Waals surface area contributed by atoms with E-state index in [2.05, 4.69) is 10.2 Å². The topological polar surface area (TPSA) is 52.7 Å². The smallest absolute Gasteiger partial charge is 0.214 e. The zero-order valence-electron chi connectivity index (χ0n) is 13.3. The van der Waals surface area contributed by atoms with Gasteiger partial charge in [0.1, 0.15) is 0 Å². The van der Waals surface area contributed by atoms with Crippen LogP contribution < -0.4 is 5.32 Å². The van der Waals surface area contributed by atoms with Crippen molar-refractivity contribution >= 4 is 10.0 Å². The fourth-order valence-corrected chi connectivity index (χ4v) is 4.36. The van der Waals surface area contributed by atoms with Crippen LogP contribution in [0.5, 0.6) is 0 Å². The number of rotatable bonds is 9. The van der Waals surface area contributed by atoms with E-state index >= 15 is 0 Å². The second-order valence-electron chi connectivity index (χ2n) is 5.95. The second-order valence-corrected chi connectivity index (χ2v) is 8.04. The molecule has 0 aromatic heterocycles. The summed E-state index contributed by atoms with van der Waals surface area (Å²) in [5, 5.41) is 3.32. The van der Waals surface area contributed by atoms with E-state index < -0.39 is 10.0 Å². The Morgan fingerprint density at radius 2 is 1.80 bits per heavy atom. The van der Waals surface area contributed by atoms with Crippen LogP contribution in [0, 0.1) is 5.92 Å². The van der Waals surface area contributed by atoms with Crippen LogP contribution >= 0.6 is 0 Å². The Hall–Kier alpha value is -0.170. The minimum atomic E-state index is -3.08. The van der Waals surface area contributed by atoms with Gasteiger partial charge in [-0.15, -0.1) is 0 Å². The van der Waals surface area contributed by atoms with Crippen molar-refractivity contribution in [1.29, 1.82) is 0 Å². The average molecular weight is 305 g/mol. The molecule has 0 aliphatic carbocycles. The molecule has 20 heavy (non-hydrogen) atoms. The summed E-state index contributed by atoms with van der Waals surface area (Å²) in [7, 11) is 0.956. The molecule has 1 aliphatic rings. The molecule has 1 rings (SSSR count). The van der Waals surface area contributed by atoms with Gasteiger partial charge in [-0.25, -0.2) is 12.7 Å². The summed E-state index contributed by atoms with van der Waals surface area (Å²) in [6.07, 6.45) is 3.94. The van der Waals surface area contributed by atoms with E-state index in [0.29, 0.717) is 24.8 Å². The van der Waals surface area contributed by atoms with Gasteiger partial charge in [-0.3, -0.25) is 0 Å². The summed E-state index contributed by atoms with van der Waals surface area (Å²) in [5.41, 5.74) is 0. The summed E-state index contributed by atoms with van der Waals surface area (Å²) in [6.45, 7) is 6.15. The summed E-state index contributed by atoms with van der Waals surface area (Å²) in [4.78, 5) is 2.09. The van der Waals surface area contributed by atoms with Crippen molar-refractivity contribution in [2.24, 2.45) is 5.92 Å². The predicted molar refractivity (Wildman–Crippen MR) is 84.4 cm³/mol. The van der Waals surface area contributed by atoms with Crippen LogP contribution in [0.15, 0.2) is 0 Å². The lowest BCUT2D eigenvalue weighted by Gasteiger charge is -2.25. The van der Waals surface area contributed by atoms with E-state index in [0.717, 1.165) is 45.3 Å². The molecule has 0 aromatic carbocycles. The Balaban J connectivity index is 2.38. The molecule has 0 radical (unpaired) electrons. The highest BCUT2D eigenvalue weighted by Gasteiger charge is 2.22. The molecule has 0 amide bonds. The molecule has 5 nitrogen and oxygen atoms in total. The van der Waals surface area contributed by atoms with Gasteiger partial charge < -0.3 is 10.2 Å². The van der Waals surface area contributed by atoms with Gasteiger partial charge in [-0.2, -0.15) is 0 Å². The Bertz CT molecular complexity index is 351. The number of hydrogen-bond donors (Lipinski definition) is 1. The third-order valence-electron chi connectivity index (χ3n) is 4.00. The lowest BCUT2D eigenvalue weighted by Crippen LogP contribution is -2.36. The lowest BCUT2D eigenvalue weighted by atomic mass is 9.96. The molecule has 1 saturated heterocycles. The Morgan fingerprint density at radius 3 is 2.35 bits per heavy atom. The summed E-state index contributed by atoms with van der Waals surface area (Å²) >= 11 is 0. The van der Waals surface area contributed by atoms with Crippen molar-refractivity contribution in [1.82, 2.24) is 14.5 Å². The van der Waals surface area contributed by atoms with Crippen LogP contribution in [0.1, 0.15) is 32.6 Å². The monoisotopic (exact) mass is 305 g/mol. The van der Waals surface area contributed by atoms with Crippen molar-refractivity contribution in [2.75, 3.05) is 52.6 Å². The summed E-state index contributed by atoms with van der Waals surface area (Å²) < 4.78 is 26.4. The maximum Gasteiger partial charge on any atom is 0.214 e. The quantitative estimate of drug-likeness (QED) is 0.690. The first-order valence-electron chi connectivity index (χ1n) is 7.79. The van der Waals surface area contributed by atoms with Crippen LogP contribution in [-0.2, 0) is 10.0 Å². The van der Waals surface area contributed by atoms with E-state index in [-0.39, 0.29) is 0 Å². The molecule has 1 N–H and O–H groups in total. The number of piperidine rings is 1. The summed E-state index contributed by atoms with van der Waals surface area (Å²) in [6, 6.07) is 0. The molecular formula is C14H31N3O2S. The van der Waals surface area contributed by atoms with Crippen LogP contribution in [-0.4, -0.2) is 70.2 Å². The zero-order valence-corrected chi connectivity index (χ0v) is 14.1. The molecule has 1 aliphatic heterocycles. The van der Waals surface area contributed by atoms with Gasteiger partial charge in [-0.05, 0) is 65.3 Å². The molecular weight excluding hydrogens is 274 g/mol. The fourth-order valence-electron chi connectivity index (χ4n) is 2.67. The maximum atomic E-state index is 12.4. The van der Waals surface area contributed by atoms with Crippen molar-refractivity contribution in [2.45, 2.75) is 32.6 Å². The molecule has 0 aromatic rings. The molecule has 0 spiro atoms. The first-order valence-corrected chi connectivity index (χ1v) is 9.40. The molecule has 0 bridgehead atoms. The fraction of sp³-hybridized carbons (Fsp3) is 1.00. The van der Waals surface area contributed by atoms with Crippen LogP contribution in [0.25, 0.3) is 0 Å².